The van der Waals surface area contributed by atoms with Crippen LogP contribution in [0.5, 0.6) is 0 Å². The van der Waals surface area contributed by atoms with Gasteiger partial charge in [-0.05, 0) is 37.7 Å². The van der Waals surface area contributed by atoms with Gasteiger partial charge in [-0.1, -0.05) is 31.2 Å². The smallest absolute Gasteiger partial charge is 0.220 e. The van der Waals surface area contributed by atoms with Crippen LogP contribution < -0.4 is 5.32 Å². The van der Waals surface area contributed by atoms with Crippen molar-refractivity contribution in [1.82, 2.24) is 5.32 Å². The number of aryl methyl sites for hydroxylation is 1. The van der Waals surface area contributed by atoms with Crippen molar-refractivity contribution < 1.29 is 14.7 Å². The third-order valence-electron chi connectivity index (χ3n) is 4.33. The summed E-state index contributed by atoms with van der Waals surface area (Å²) in [5, 5.41) is 12.4. The van der Waals surface area contributed by atoms with Crippen LogP contribution in [0.15, 0.2) is 24.3 Å². The molecule has 22 heavy (non-hydrogen) atoms. The van der Waals surface area contributed by atoms with Gasteiger partial charge in [0, 0.05) is 24.4 Å². The number of hydrogen-bond acceptors (Lipinski definition) is 3. The van der Waals surface area contributed by atoms with Gasteiger partial charge in [0.1, 0.15) is 0 Å². The lowest BCUT2D eigenvalue weighted by Crippen LogP contribution is -2.38. The van der Waals surface area contributed by atoms with E-state index in [0.717, 1.165) is 32.1 Å². The summed E-state index contributed by atoms with van der Waals surface area (Å²) in [4.78, 5) is 24.0. The van der Waals surface area contributed by atoms with Crippen LogP contribution >= 0.6 is 0 Å². The minimum atomic E-state index is -0.221. The zero-order valence-corrected chi connectivity index (χ0v) is 13.2. The highest BCUT2D eigenvalue weighted by atomic mass is 16.3. The fourth-order valence-electron chi connectivity index (χ4n) is 2.82. The Balaban J connectivity index is 1.74. The number of nitrogens with one attached hydrogen (secondary N) is 1. The van der Waals surface area contributed by atoms with Gasteiger partial charge in [0.25, 0.3) is 0 Å². The van der Waals surface area contributed by atoms with E-state index in [1.165, 1.54) is 5.56 Å². The lowest BCUT2D eigenvalue weighted by Gasteiger charge is -2.26. The summed E-state index contributed by atoms with van der Waals surface area (Å²) in [6, 6.07) is 7.74. The topological polar surface area (TPSA) is 66.4 Å². The predicted octanol–water partition coefficient (Wildman–Crippen LogP) is 2.63. The largest absolute Gasteiger partial charge is 0.393 e. The second-order valence-corrected chi connectivity index (χ2v) is 6.05. The molecule has 0 bridgehead atoms. The molecule has 1 aromatic rings. The Hall–Kier alpha value is -1.68. The number of carbonyl (C=O) groups is 2. The molecule has 0 atom stereocenters. The molecule has 0 spiro atoms. The maximum atomic E-state index is 12.1. The number of aliphatic hydroxyl groups excluding tert-OH is 1. The van der Waals surface area contributed by atoms with Crippen molar-refractivity contribution in [3.8, 4) is 0 Å². The first-order valence-electron chi connectivity index (χ1n) is 8.18. The molecule has 0 heterocycles. The molecule has 0 saturated heterocycles. The van der Waals surface area contributed by atoms with Crippen LogP contribution in [0, 0.1) is 0 Å². The second kappa shape index (κ2) is 8.08. The summed E-state index contributed by atoms with van der Waals surface area (Å²) < 4.78 is 0. The minimum absolute atomic E-state index is 0.0110. The van der Waals surface area contributed by atoms with Gasteiger partial charge in [0.2, 0.25) is 5.91 Å². The van der Waals surface area contributed by atoms with Crippen molar-refractivity contribution in [3.05, 3.63) is 35.4 Å². The van der Waals surface area contributed by atoms with Crippen LogP contribution in [-0.4, -0.2) is 28.9 Å². The Bertz CT molecular complexity index is 502. The highest BCUT2D eigenvalue weighted by molar-refractivity contribution is 5.98. The average Bonchev–Trinajstić information content (AvgIpc) is 2.55. The number of rotatable bonds is 6. The zero-order chi connectivity index (χ0) is 15.9. The summed E-state index contributed by atoms with van der Waals surface area (Å²) in [5.74, 6) is -0.0585. The van der Waals surface area contributed by atoms with E-state index in [1.54, 1.807) is 0 Å². The molecule has 1 saturated carbocycles. The van der Waals surface area contributed by atoms with Crippen LogP contribution in [0.4, 0.5) is 0 Å². The number of amides is 1. The fourth-order valence-corrected chi connectivity index (χ4v) is 2.82. The average molecular weight is 303 g/mol. The molecular weight excluding hydrogens is 278 g/mol. The number of aliphatic hydroxyl groups is 1. The highest BCUT2D eigenvalue weighted by Gasteiger charge is 2.20. The summed E-state index contributed by atoms with van der Waals surface area (Å²) in [6.07, 6.45) is 4.33. The maximum Gasteiger partial charge on any atom is 0.220 e. The van der Waals surface area contributed by atoms with E-state index in [-0.39, 0.29) is 36.7 Å². The number of carbonyl (C=O) groups excluding carboxylic acids is 2. The van der Waals surface area contributed by atoms with Gasteiger partial charge >= 0.3 is 0 Å². The molecule has 1 amide bonds. The molecule has 120 valence electrons. The lowest BCUT2D eigenvalue weighted by molar-refractivity contribution is -0.122. The van der Waals surface area contributed by atoms with Crippen molar-refractivity contribution in [3.63, 3.8) is 0 Å². The Labute approximate surface area is 131 Å². The molecule has 4 nitrogen and oxygen atoms in total. The second-order valence-electron chi connectivity index (χ2n) is 6.05. The van der Waals surface area contributed by atoms with Crippen molar-refractivity contribution in [2.45, 2.75) is 64.0 Å². The highest BCUT2D eigenvalue weighted by Crippen LogP contribution is 2.18. The number of hydrogen-bond donors (Lipinski definition) is 2. The molecule has 2 N–H and O–H groups in total. The van der Waals surface area contributed by atoms with Crippen molar-refractivity contribution in [1.29, 1.82) is 0 Å². The van der Waals surface area contributed by atoms with Crippen LogP contribution in [0.1, 0.15) is 61.4 Å². The van der Waals surface area contributed by atoms with Gasteiger partial charge < -0.3 is 10.4 Å². The number of Topliss-reactive ketones (excluding diaryl/α,β-unsaturated/α-hetero) is 1. The van der Waals surface area contributed by atoms with E-state index < -0.39 is 0 Å². The maximum absolute atomic E-state index is 12.1. The molecular formula is C18H25NO3. The van der Waals surface area contributed by atoms with Crippen molar-refractivity contribution in [2.24, 2.45) is 0 Å². The molecule has 2 rings (SSSR count). The van der Waals surface area contributed by atoms with Gasteiger partial charge in [-0.3, -0.25) is 9.59 Å². The van der Waals surface area contributed by atoms with Crippen LogP contribution in [0.2, 0.25) is 0 Å². The van der Waals surface area contributed by atoms with Crippen LogP contribution in [-0.2, 0) is 11.2 Å². The Kier molecular flexibility index (Phi) is 6.13. The van der Waals surface area contributed by atoms with Gasteiger partial charge in [0.15, 0.2) is 5.78 Å². The molecule has 0 aliphatic heterocycles. The Morgan fingerprint density at radius 1 is 1.09 bits per heavy atom. The summed E-state index contributed by atoms with van der Waals surface area (Å²) in [6.45, 7) is 2.07. The quantitative estimate of drug-likeness (QED) is 0.794. The van der Waals surface area contributed by atoms with Gasteiger partial charge in [-0.2, -0.15) is 0 Å². The molecule has 0 unspecified atom stereocenters. The van der Waals surface area contributed by atoms with Gasteiger partial charge in [-0.25, -0.2) is 0 Å². The summed E-state index contributed by atoms with van der Waals surface area (Å²) in [7, 11) is 0. The summed E-state index contributed by atoms with van der Waals surface area (Å²) in [5.41, 5.74) is 1.87. The standard InChI is InChI=1S/C18H25NO3/c1-2-13-3-5-14(6-4-13)17(21)11-12-18(22)19-15-7-9-16(20)10-8-15/h3-6,15-16,20H,2,7-12H2,1H3,(H,19,22). The van der Waals surface area contributed by atoms with Gasteiger partial charge in [-0.15, -0.1) is 0 Å². The number of ketones is 1. The monoisotopic (exact) mass is 303 g/mol. The molecule has 1 aliphatic rings. The molecule has 1 aromatic carbocycles. The normalized spacial score (nSPS) is 21.4. The molecule has 1 fully saturated rings. The van der Waals surface area contributed by atoms with Crippen molar-refractivity contribution >= 4 is 11.7 Å². The predicted molar refractivity (Wildman–Crippen MR) is 85.8 cm³/mol. The van der Waals surface area contributed by atoms with Gasteiger partial charge in [0.05, 0.1) is 6.10 Å². The van der Waals surface area contributed by atoms with E-state index in [9.17, 15) is 14.7 Å². The first-order valence-corrected chi connectivity index (χ1v) is 8.18. The first kappa shape index (κ1) is 16.7. The molecule has 4 heteroatoms. The molecule has 0 aromatic heterocycles. The van der Waals surface area contributed by atoms with E-state index in [4.69, 9.17) is 0 Å². The lowest BCUT2D eigenvalue weighted by atomic mass is 9.93. The van der Waals surface area contributed by atoms with E-state index in [1.807, 2.05) is 24.3 Å². The Morgan fingerprint density at radius 2 is 1.73 bits per heavy atom. The molecule has 1 aliphatic carbocycles. The third-order valence-corrected chi connectivity index (χ3v) is 4.33. The zero-order valence-electron chi connectivity index (χ0n) is 13.2. The van der Waals surface area contributed by atoms with E-state index in [2.05, 4.69) is 12.2 Å². The Morgan fingerprint density at radius 3 is 2.32 bits per heavy atom. The SMILES string of the molecule is CCc1ccc(C(=O)CCC(=O)NC2CCC(O)CC2)cc1. The summed E-state index contributed by atoms with van der Waals surface area (Å²) >= 11 is 0. The third kappa shape index (κ3) is 4.95. The minimum Gasteiger partial charge on any atom is -0.393 e. The van der Waals surface area contributed by atoms with E-state index in [0.29, 0.717) is 5.56 Å². The molecule has 0 radical (unpaired) electrons. The number of benzene rings is 1. The van der Waals surface area contributed by atoms with Crippen molar-refractivity contribution in [2.75, 3.05) is 0 Å². The van der Waals surface area contributed by atoms with Crippen LogP contribution in [0.3, 0.4) is 0 Å². The van der Waals surface area contributed by atoms with Crippen LogP contribution in [0.25, 0.3) is 0 Å². The van der Waals surface area contributed by atoms with E-state index >= 15 is 0 Å². The first-order chi connectivity index (χ1) is 10.6. The fraction of sp³-hybridized carbons (Fsp3) is 0.556.